The molecule has 1 heterocycles. The van der Waals surface area contributed by atoms with E-state index in [9.17, 15) is 8.78 Å². The zero-order valence-electron chi connectivity index (χ0n) is 13.2. The Bertz CT molecular complexity index is 622. The molecule has 0 bridgehead atoms. The van der Waals surface area contributed by atoms with E-state index >= 15 is 0 Å². The second kappa shape index (κ2) is 10.8. The Labute approximate surface area is 156 Å². The second-order valence-corrected chi connectivity index (χ2v) is 4.61. The van der Waals surface area contributed by atoms with Gasteiger partial charge in [-0.25, -0.2) is 4.99 Å². The summed E-state index contributed by atoms with van der Waals surface area (Å²) in [6, 6.07) is 10.3. The first-order valence-electron chi connectivity index (χ1n) is 7.26. The van der Waals surface area contributed by atoms with Gasteiger partial charge in [0.05, 0.1) is 19.4 Å². The molecule has 132 valence electrons. The van der Waals surface area contributed by atoms with E-state index in [1.165, 1.54) is 6.07 Å². The van der Waals surface area contributed by atoms with Crippen LogP contribution < -0.4 is 15.4 Å². The van der Waals surface area contributed by atoms with Gasteiger partial charge < -0.3 is 19.8 Å². The Morgan fingerprint density at radius 2 is 2.00 bits per heavy atom. The van der Waals surface area contributed by atoms with Crippen LogP contribution in [0.4, 0.5) is 8.78 Å². The number of furan rings is 1. The fourth-order valence-electron chi connectivity index (χ4n) is 1.94. The number of hydrogen-bond acceptors (Lipinski definition) is 3. The lowest BCUT2D eigenvalue weighted by Gasteiger charge is -2.12. The standard InChI is InChI=1S/C16H19F2N3O2.HI/c1-2-19-16(21-11-13-7-5-9-22-13)20-10-12-6-3-4-8-14(12)23-15(17)18;/h3-9,15H,2,10-11H2,1H3,(H2,19,20,21);1H. The number of ether oxygens (including phenoxy) is 1. The minimum atomic E-state index is -2.86. The quantitative estimate of drug-likeness (QED) is 0.383. The summed E-state index contributed by atoms with van der Waals surface area (Å²) in [5.41, 5.74) is 0.586. The van der Waals surface area contributed by atoms with Crippen LogP contribution >= 0.6 is 24.0 Å². The maximum atomic E-state index is 12.4. The molecular weight excluding hydrogens is 431 g/mol. The van der Waals surface area contributed by atoms with Crippen molar-refractivity contribution in [2.45, 2.75) is 26.6 Å². The molecular formula is C16H20F2IN3O2. The molecule has 1 aromatic heterocycles. The normalized spacial score (nSPS) is 11.1. The smallest absolute Gasteiger partial charge is 0.387 e. The van der Waals surface area contributed by atoms with Crippen molar-refractivity contribution < 1.29 is 17.9 Å². The molecule has 0 saturated carbocycles. The molecule has 0 radical (unpaired) electrons. The van der Waals surface area contributed by atoms with Crippen LogP contribution in [0, 0.1) is 0 Å². The molecule has 0 spiro atoms. The van der Waals surface area contributed by atoms with Crippen molar-refractivity contribution in [1.82, 2.24) is 10.6 Å². The zero-order valence-corrected chi connectivity index (χ0v) is 15.5. The molecule has 2 rings (SSSR count). The first-order chi connectivity index (χ1) is 11.2. The summed E-state index contributed by atoms with van der Waals surface area (Å²) >= 11 is 0. The number of para-hydroxylation sites is 1. The van der Waals surface area contributed by atoms with E-state index in [1.807, 2.05) is 13.0 Å². The first kappa shape index (κ1) is 20.2. The van der Waals surface area contributed by atoms with Crippen molar-refractivity contribution in [1.29, 1.82) is 0 Å². The van der Waals surface area contributed by atoms with Gasteiger partial charge in [0.15, 0.2) is 5.96 Å². The van der Waals surface area contributed by atoms with Crippen LogP contribution in [0.5, 0.6) is 5.75 Å². The van der Waals surface area contributed by atoms with Crippen LogP contribution in [0.3, 0.4) is 0 Å². The van der Waals surface area contributed by atoms with Gasteiger partial charge in [-0.2, -0.15) is 8.78 Å². The summed E-state index contributed by atoms with van der Waals surface area (Å²) in [6.45, 7) is 0.465. The Hall–Kier alpha value is -1.84. The Balaban J connectivity index is 0.00000288. The van der Waals surface area contributed by atoms with Crippen LogP contribution in [0.2, 0.25) is 0 Å². The SMILES string of the molecule is CCNC(=NCc1ccccc1OC(F)F)NCc1ccco1.I. The van der Waals surface area contributed by atoms with Gasteiger partial charge in [0.25, 0.3) is 0 Å². The summed E-state index contributed by atoms with van der Waals surface area (Å²) < 4.78 is 34.5. The van der Waals surface area contributed by atoms with Crippen LogP contribution in [0.1, 0.15) is 18.2 Å². The van der Waals surface area contributed by atoms with Gasteiger partial charge in [0, 0.05) is 12.1 Å². The number of halogens is 3. The van der Waals surface area contributed by atoms with Crippen molar-refractivity contribution in [2.75, 3.05) is 6.54 Å². The highest BCUT2D eigenvalue weighted by atomic mass is 127. The lowest BCUT2D eigenvalue weighted by Crippen LogP contribution is -2.36. The summed E-state index contributed by atoms with van der Waals surface area (Å²) in [7, 11) is 0. The molecule has 24 heavy (non-hydrogen) atoms. The summed E-state index contributed by atoms with van der Waals surface area (Å²) in [5, 5.41) is 6.19. The molecule has 5 nitrogen and oxygen atoms in total. The minimum Gasteiger partial charge on any atom is -0.467 e. The van der Waals surface area contributed by atoms with E-state index in [2.05, 4.69) is 20.4 Å². The monoisotopic (exact) mass is 451 g/mol. The fraction of sp³-hybridized carbons (Fsp3) is 0.312. The van der Waals surface area contributed by atoms with Gasteiger partial charge in [-0.1, -0.05) is 18.2 Å². The molecule has 0 fully saturated rings. The van der Waals surface area contributed by atoms with E-state index in [0.717, 1.165) is 5.76 Å². The average Bonchev–Trinajstić information content (AvgIpc) is 3.04. The van der Waals surface area contributed by atoms with Crippen LogP contribution in [-0.4, -0.2) is 19.1 Å². The van der Waals surface area contributed by atoms with Crippen LogP contribution in [0.15, 0.2) is 52.1 Å². The number of benzene rings is 1. The second-order valence-electron chi connectivity index (χ2n) is 4.61. The van der Waals surface area contributed by atoms with Crippen molar-refractivity contribution in [3.05, 3.63) is 54.0 Å². The van der Waals surface area contributed by atoms with Crippen molar-refractivity contribution in [2.24, 2.45) is 4.99 Å². The maximum absolute atomic E-state index is 12.4. The summed E-state index contributed by atoms with van der Waals surface area (Å²) in [5.74, 6) is 1.47. The topological polar surface area (TPSA) is 58.8 Å². The van der Waals surface area contributed by atoms with E-state index in [1.54, 1.807) is 30.5 Å². The molecule has 8 heteroatoms. The third-order valence-corrected chi connectivity index (χ3v) is 2.95. The van der Waals surface area contributed by atoms with Gasteiger partial charge >= 0.3 is 6.61 Å². The van der Waals surface area contributed by atoms with Gasteiger partial charge in [-0.05, 0) is 25.1 Å². The predicted molar refractivity (Wildman–Crippen MR) is 98.9 cm³/mol. The first-order valence-corrected chi connectivity index (χ1v) is 7.26. The number of hydrogen-bond donors (Lipinski definition) is 2. The number of guanidine groups is 1. The van der Waals surface area contributed by atoms with Crippen LogP contribution in [-0.2, 0) is 13.1 Å². The molecule has 1 aromatic carbocycles. The molecule has 0 aliphatic heterocycles. The number of nitrogens with one attached hydrogen (secondary N) is 2. The molecule has 0 unspecified atom stereocenters. The highest BCUT2D eigenvalue weighted by Gasteiger charge is 2.09. The van der Waals surface area contributed by atoms with Crippen molar-refractivity contribution in [3.63, 3.8) is 0 Å². The average molecular weight is 451 g/mol. The molecule has 2 N–H and O–H groups in total. The lowest BCUT2D eigenvalue weighted by atomic mass is 10.2. The number of aliphatic imine (C=N–C) groups is 1. The Morgan fingerprint density at radius 3 is 2.67 bits per heavy atom. The van der Waals surface area contributed by atoms with Gasteiger partial charge in [-0.3, -0.25) is 0 Å². The van der Waals surface area contributed by atoms with E-state index < -0.39 is 6.61 Å². The van der Waals surface area contributed by atoms with E-state index in [4.69, 9.17) is 4.42 Å². The van der Waals surface area contributed by atoms with E-state index in [0.29, 0.717) is 24.6 Å². The van der Waals surface area contributed by atoms with Crippen molar-refractivity contribution >= 4 is 29.9 Å². The summed E-state index contributed by atoms with van der Waals surface area (Å²) in [4.78, 5) is 4.38. The van der Waals surface area contributed by atoms with E-state index in [-0.39, 0.29) is 36.3 Å². The third-order valence-electron chi connectivity index (χ3n) is 2.95. The lowest BCUT2D eigenvalue weighted by molar-refractivity contribution is -0.0504. The largest absolute Gasteiger partial charge is 0.467 e. The highest BCUT2D eigenvalue weighted by Crippen LogP contribution is 2.20. The number of alkyl halides is 2. The summed E-state index contributed by atoms with van der Waals surface area (Å²) in [6.07, 6.45) is 1.60. The molecule has 0 saturated heterocycles. The Kier molecular flexibility index (Phi) is 9.13. The predicted octanol–water partition coefficient (Wildman–Crippen LogP) is 3.75. The van der Waals surface area contributed by atoms with Gasteiger partial charge in [0.2, 0.25) is 0 Å². The fourth-order valence-corrected chi connectivity index (χ4v) is 1.94. The third kappa shape index (κ3) is 6.73. The molecule has 0 atom stereocenters. The Morgan fingerprint density at radius 1 is 1.21 bits per heavy atom. The minimum absolute atomic E-state index is 0. The van der Waals surface area contributed by atoms with Crippen molar-refractivity contribution in [3.8, 4) is 5.75 Å². The van der Waals surface area contributed by atoms with Crippen LogP contribution in [0.25, 0.3) is 0 Å². The number of rotatable bonds is 7. The zero-order chi connectivity index (χ0) is 16.5. The molecule has 0 amide bonds. The molecule has 0 aliphatic rings. The maximum Gasteiger partial charge on any atom is 0.387 e. The molecule has 2 aromatic rings. The highest BCUT2D eigenvalue weighted by molar-refractivity contribution is 14.0. The van der Waals surface area contributed by atoms with Gasteiger partial charge in [0.1, 0.15) is 11.5 Å². The number of nitrogens with zero attached hydrogens (tertiary/aromatic N) is 1. The van der Waals surface area contributed by atoms with Gasteiger partial charge in [-0.15, -0.1) is 24.0 Å². The molecule has 0 aliphatic carbocycles.